The summed E-state index contributed by atoms with van der Waals surface area (Å²) in [5.74, 6) is 0.364. The Morgan fingerprint density at radius 2 is 1.90 bits per heavy atom. The van der Waals surface area contributed by atoms with E-state index in [1.165, 1.54) is 0 Å². The Balaban J connectivity index is 2.04. The van der Waals surface area contributed by atoms with E-state index in [0.29, 0.717) is 12.5 Å². The zero-order valence-corrected chi connectivity index (χ0v) is 11.5. The predicted molar refractivity (Wildman–Crippen MR) is 82.5 cm³/mol. The van der Waals surface area contributed by atoms with Crippen LogP contribution in [-0.2, 0) is 13.2 Å². The van der Waals surface area contributed by atoms with Gasteiger partial charge in [-0.05, 0) is 35.7 Å². The van der Waals surface area contributed by atoms with Crippen LogP contribution in [0.15, 0.2) is 53.5 Å². The van der Waals surface area contributed by atoms with Crippen LogP contribution in [0.4, 0.5) is 5.69 Å². The summed E-state index contributed by atoms with van der Waals surface area (Å²) < 4.78 is 0. The van der Waals surface area contributed by atoms with Crippen LogP contribution in [0.5, 0.6) is 0 Å². The Morgan fingerprint density at radius 3 is 2.60 bits per heavy atom. The number of aryl methyl sites for hydroxylation is 1. The van der Waals surface area contributed by atoms with Crippen molar-refractivity contribution in [2.75, 3.05) is 5.32 Å². The molecule has 0 amide bonds. The first-order valence-electron chi connectivity index (χ1n) is 6.50. The van der Waals surface area contributed by atoms with Crippen LogP contribution >= 0.6 is 0 Å². The van der Waals surface area contributed by atoms with Crippen molar-refractivity contribution in [2.45, 2.75) is 20.1 Å². The molecule has 4 nitrogen and oxygen atoms in total. The van der Waals surface area contributed by atoms with Crippen molar-refractivity contribution in [3.63, 3.8) is 0 Å². The molecule has 104 valence electrons. The molecule has 0 saturated carbocycles. The monoisotopic (exact) mass is 269 g/mol. The summed E-state index contributed by atoms with van der Waals surface area (Å²) in [6.07, 6.45) is 0. The number of hydrogen-bond acceptors (Lipinski definition) is 2. The highest BCUT2D eigenvalue weighted by molar-refractivity contribution is 5.92. The third-order valence-corrected chi connectivity index (χ3v) is 3.00. The zero-order valence-electron chi connectivity index (χ0n) is 11.5. The molecule has 0 aliphatic heterocycles. The van der Waals surface area contributed by atoms with Crippen LogP contribution in [-0.4, -0.2) is 11.1 Å². The minimum atomic E-state index is 0.0108. The summed E-state index contributed by atoms with van der Waals surface area (Å²) in [5.41, 5.74) is 9.80. The third-order valence-electron chi connectivity index (χ3n) is 3.00. The normalized spacial score (nSPS) is 11.4. The Hall–Kier alpha value is -2.33. The standard InChI is InChI=1S/C16H19N3O/c1-12-5-4-8-15(9-12)19-16(17)18-10-13-6-2-3-7-14(13)11-20/h2-9,20H,10-11H2,1H3,(H3,17,18,19). The van der Waals surface area contributed by atoms with Gasteiger partial charge in [-0.25, -0.2) is 4.99 Å². The van der Waals surface area contributed by atoms with Crippen molar-refractivity contribution in [3.05, 3.63) is 65.2 Å². The maximum Gasteiger partial charge on any atom is 0.193 e. The number of anilines is 1. The van der Waals surface area contributed by atoms with E-state index in [1.54, 1.807) is 0 Å². The second kappa shape index (κ2) is 6.73. The number of rotatable bonds is 4. The van der Waals surface area contributed by atoms with E-state index in [4.69, 9.17) is 5.73 Å². The van der Waals surface area contributed by atoms with Crippen molar-refractivity contribution in [1.82, 2.24) is 0 Å². The molecular weight excluding hydrogens is 250 g/mol. The number of hydrogen-bond donors (Lipinski definition) is 3. The number of aliphatic imine (C=N–C) groups is 1. The van der Waals surface area contributed by atoms with Gasteiger partial charge in [0.1, 0.15) is 0 Å². The predicted octanol–water partition coefficient (Wildman–Crippen LogP) is 2.41. The number of nitrogens with zero attached hydrogens (tertiary/aromatic N) is 1. The van der Waals surface area contributed by atoms with E-state index in [-0.39, 0.29) is 6.61 Å². The maximum atomic E-state index is 9.25. The molecule has 0 aliphatic carbocycles. The summed E-state index contributed by atoms with van der Waals surface area (Å²) >= 11 is 0. The lowest BCUT2D eigenvalue weighted by Gasteiger charge is -2.08. The number of nitrogens with one attached hydrogen (secondary N) is 1. The van der Waals surface area contributed by atoms with Gasteiger partial charge < -0.3 is 16.2 Å². The molecule has 0 saturated heterocycles. The van der Waals surface area contributed by atoms with E-state index in [9.17, 15) is 5.11 Å². The largest absolute Gasteiger partial charge is 0.392 e. The summed E-state index contributed by atoms with van der Waals surface area (Å²) in [6, 6.07) is 15.6. The van der Waals surface area contributed by atoms with Gasteiger partial charge in [0.2, 0.25) is 0 Å². The Kier molecular flexibility index (Phi) is 4.74. The average Bonchev–Trinajstić information content (AvgIpc) is 2.45. The second-order valence-electron chi connectivity index (χ2n) is 4.62. The van der Waals surface area contributed by atoms with Gasteiger partial charge in [0, 0.05) is 5.69 Å². The molecular formula is C16H19N3O. The third kappa shape index (κ3) is 3.83. The smallest absolute Gasteiger partial charge is 0.193 e. The summed E-state index contributed by atoms with van der Waals surface area (Å²) in [7, 11) is 0. The molecule has 2 rings (SSSR count). The lowest BCUT2D eigenvalue weighted by molar-refractivity contribution is 0.280. The van der Waals surface area contributed by atoms with Crippen molar-refractivity contribution >= 4 is 11.6 Å². The van der Waals surface area contributed by atoms with E-state index < -0.39 is 0 Å². The molecule has 4 heteroatoms. The number of benzene rings is 2. The SMILES string of the molecule is Cc1cccc(NC(N)=NCc2ccccc2CO)c1. The van der Waals surface area contributed by atoms with E-state index in [2.05, 4.69) is 10.3 Å². The van der Waals surface area contributed by atoms with Gasteiger partial charge in [-0.3, -0.25) is 0 Å². The molecule has 2 aromatic carbocycles. The minimum Gasteiger partial charge on any atom is -0.392 e. The van der Waals surface area contributed by atoms with Gasteiger partial charge in [0.25, 0.3) is 0 Å². The fraction of sp³-hybridized carbons (Fsp3) is 0.188. The van der Waals surface area contributed by atoms with Gasteiger partial charge in [-0.1, -0.05) is 36.4 Å². The summed E-state index contributed by atoms with van der Waals surface area (Å²) in [4.78, 5) is 4.30. The van der Waals surface area contributed by atoms with Crippen molar-refractivity contribution in [2.24, 2.45) is 10.7 Å². The van der Waals surface area contributed by atoms with Crippen molar-refractivity contribution < 1.29 is 5.11 Å². The van der Waals surface area contributed by atoms with Crippen LogP contribution in [0.1, 0.15) is 16.7 Å². The Morgan fingerprint density at radius 1 is 1.15 bits per heavy atom. The molecule has 0 radical (unpaired) electrons. The summed E-state index contributed by atoms with van der Waals surface area (Å²) in [6.45, 7) is 2.48. The average molecular weight is 269 g/mol. The lowest BCUT2D eigenvalue weighted by Crippen LogP contribution is -2.22. The number of aliphatic hydroxyl groups is 1. The van der Waals surface area contributed by atoms with Crippen LogP contribution in [0.2, 0.25) is 0 Å². The molecule has 0 fully saturated rings. The van der Waals surface area contributed by atoms with Crippen LogP contribution in [0.25, 0.3) is 0 Å². The number of aliphatic hydroxyl groups excluding tert-OH is 1. The first-order chi connectivity index (χ1) is 9.69. The molecule has 0 bridgehead atoms. The van der Waals surface area contributed by atoms with Crippen molar-refractivity contribution in [3.8, 4) is 0 Å². The number of guanidine groups is 1. The van der Waals surface area contributed by atoms with E-state index >= 15 is 0 Å². The molecule has 0 aromatic heterocycles. The van der Waals surface area contributed by atoms with E-state index in [0.717, 1.165) is 22.4 Å². The minimum absolute atomic E-state index is 0.0108. The fourth-order valence-electron chi connectivity index (χ4n) is 1.95. The van der Waals surface area contributed by atoms with Crippen LogP contribution in [0, 0.1) is 6.92 Å². The molecule has 0 spiro atoms. The maximum absolute atomic E-state index is 9.25. The first kappa shape index (κ1) is 14.1. The Labute approximate surface area is 119 Å². The number of nitrogens with two attached hydrogens (primary N) is 1. The van der Waals surface area contributed by atoms with E-state index in [1.807, 2.05) is 55.5 Å². The van der Waals surface area contributed by atoms with Gasteiger partial charge in [-0.15, -0.1) is 0 Å². The van der Waals surface area contributed by atoms with Crippen molar-refractivity contribution in [1.29, 1.82) is 0 Å². The molecule has 0 aliphatic rings. The first-order valence-corrected chi connectivity index (χ1v) is 6.50. The molecule has 20 heavy (non-hydrogen) atoms. The molecule has 2 aromatic rings. The highest BCUT2D eigenvalue weighted by Crippen LogP contribution is 2.11. The Bertz CT molecular complexity index is 608. The van der Waals surface area contributed by atoms with Gasteiger partial charge in [0.05, 0.1) is 13.2 Å². The molecule has 0 heterocycles. The molecule has 0 atom stereocenters. The van der Waals surface area contributed by atoms with Gasteiger partial charge >= 0.3 is 0 Å². The molecule has 4 N–H and O–H groups in total. The summed E-state index contributed by atoms with van der Waals surface area (Å²) in [5, 5.41) is 12.3. The topological polar surface area (TPSA) is 70.6 Å². The zero-order chi connectivity index (χ0) is 14.4. The van der Waals surface area contributed by atoms with Crippen LogP contribution in [0.3, 0.4) is 0 Å². The second-order valence-corrected chi connectivity index (χ2v) is 4.62. The lowest BCUT2D eigenvalue weighted by atomic mass is 10.1. The highest BCUT2D eigenvalue weighted by atomic mass is 16.3. The van der Waals surface area contributed by atoms with Crippen LogP contribution < -0.4 is 11.1 Å². The van der Waals surface area contributed by atoms with Gasteiger partial charge in [-0.2, -0.15) is 0 Å². The quantitative estimate of drug-likeness (QED) is 0.589. The fourth-order valence-corrected chi connectivity index (χ4v) is 1.95. The highest BCUT2D eigenvalue weighted by Gasteiger charge is 2.00. The van der Waals surface area contributed by atoms with Gasteiger partial charge in [0.15, 0.2) is 5.96 Å². The molecule has 0 unspecified atom stereocenters.